The maximum absolute atomic E-state index is 12.7. The van der Waals surface area contributed by atoms with Gasteiger partial charge in [0.25, 0.3) is 0 Å². The quantitative estimate of drug-likeness (QED) is 0.406. The number of para-hydroxylation sites is 1. The molecule has 0 N–H and O–H groups in total. The number of carbonyl (C=O) groups excluding carboxylic acids is 1. The summed E-state index contributed by atoms with van der Waals surface area (Å²) in [6.07, 6.45) is -0.0550. The second kappa shape index (κ2) is 6.52. The van der Waals surface area contributed by atoms with Gasteiger partial charge in [-0.1, -0.05) is 42.5 Å². The lowest BCUT2D eigenvalue weighted by atomic mass is 10.0. The first-order valence-corrected chi connectivity index (χ1v) is 8.37. The number of hydrogen-bond acceptors (Lipinski definition) is 5. The number of hydrogen-bond donors (Lipinski definition) is 0. The Bertz CT molecular complexity index is 1150. The molecule has 130 valence electrons. The van der Waals surface area contributed by atoms with Crippen LogP contribution in [0.2, 0.25) is 0 Å². The lowest BCUT2D eigenvalue weighted by molar-refractivity contribution is -0.142. The molecule has 26 heavy (non-hydrogen) atoms. The number of rotatable bonds is 4. The Labute approximate surface area is 148 Å². The van der Waals surface area contributed by atoms with Crippen LogP contribution in [0.3, 0.4) is 0 Å². The molecule has 2 aromatic heterocycles. The van der Waals surface area contributed by atoms with E-state index in [1.54, 1.807) is 19.1 Å². The molecule has 0 fully saturated rings. The highest BCUT2D eigenvalue weighted by Crippen LogP contribution is 2.36. The topological polar surface area (TPSA) is 69.7 Å². The molecule has 0 aliphatic carbocycles. The van der Waals surface area contributed by atoms with E-state index in [0.29, 0.717) is 33.3 Å². The molecule has 0 amide bonds. The van der Waals surface area contributed by atoms with Gasteiger partial charge in [0.1, 0.15) is 23.2 Å². The van der Waals surface area contributed by atoms with Gasteiger partial charge in [0.2, 0.25) is 0 Å². The molecule has 0 spiro atoms. The van der Waals surface area contributed by atoms with E-state index in [0.717, 1.165) is 5.56 Å². The van der Waals surface area contributed by atoms with E-state index in [9.17, 15) is 9.59 Å². The van der Waals surface area contributed by atoms with E-state index < -0.39 is 11.6 Å². The molecule has 4 rings (SSSR count). The molecule has 2 heterocycles. The van der Waals surface area contributed by atoms with Crippen molar-refractivity contribution in [1.82, 2.24) is 0 Å². The van der Waals surface area contributed by atoms with E-state index in [4.69, 9.17) is 13.6 Å². The first-order chi connectivity index (χ1) is 12.7. The first kappa shape index (κ1) is 16.1. The van der Waals surface area contributed by atoms with Crippen LogP contribution in [-0.4, -0.2) is 12.6 Å². The fourth-order valence-corrected chi connectivity index (χ4v) is 3.13. The lowest BCUT2D eigenvalue weighted by Gasteiger charge is -2.03. The maximum atomic E-state index is 12.7. The number of furan rings is 1. The van der Waals surface area contributed by atoms with Gasteiger partial charge in [-0.05, 0) is 24.6 Å². The molecular weight excluding hydrogens is 332 g/mol. The molecule has 0 aliphatic heterocycles. The number of carbonyl (C=O) groups is 1. The van der Waals surface area contributed by atoms with Gasteiger partial charge in [0.15, 0.2) is 5.58 Å². The summed E-state index contributed by atoms with van der Waals surface area (Å²) >= 11 is 0. The van der Waals surface area contributed by atoms with Crippen molar-refractivity contribution < 1.29 is 18.4 Å². The molecule has 2 aromatic carbocycles. The molecule has 0 radical (unpaired) electrons. The Balaban J connectivity index is 2.06. The fraction of sp³-hybridized carbons (Fsp3) is 0.143. The maximum Gasteiger partial charge on any atom is 0.348 e. The van der Waals surface area contributed by atoms with Crippen molar-refractivity contribution in [3.63, 3.8) is 0 Å². The van der Waals surface area contributed by atoms with E-state index in [1.165, 1.54) is 0 Å². The first-order valence-electron chi connectivity index (χ1n) is 8.37. The molecular formula is C21H16O5. The van der Waals surface area contributed by atoms with Gasteiger partial charge in [-0.25, -0.2) is 4.79 Å². The highest BCUT2D eigenvalue weighted by Gasteiger charge is 2.23. The van der Waals surface area contributed by atoms with Crippen LogP contribution in [-0.2, 0) is 16.0 Å². The third kappa shape index (κ3) is 2.67. The highest BCUT2D eigenvalue weighted by molar-refractivity contribution is 6.07. The summed E-state index contributed by atoms with van der Waals surface area (Å²) in [6, 6.07) is 16.5. The van der Waals surface area contributed by atoms with Crippen molar-refractivity contribution in [2.45, 2.75) is 13.3 Å². The van der Waals surface area contributed by atoms with Crippen molar-refractivity contribution in [3.8, 4) is 11.1 Å². The normalized spacial score (nSPS) is 11.1. The third-order valence-corrected chi connectivity index (χ3v) is 4.19. The van der Waals surface area contributed by atoms with Crippen LogP contribution in [0.5, 0.6) is 0 Å². The van der Waals surface area contributed by atoms with Crippen molar-refractivity contribution in [2.24, 2.45) is 0 Å². The van der Waals surface area contributed by atoms with Gasteiger partial charge < -0.3 is 13.6 Å². The van der Waals surface area contributed by atoms with Crippen molar-refractivity contribution >= 4 is 27.9 Å². The van der Waals surface area contributed by atoms with Crippen molar-refractivity contribution in [2.75, 3.05) is 6.61 Å². The predicted molar refractivity (Wildman–Crippen MR) is 98.0 cm³/mol. The van der Waals surface area contributed by atoms with Crippen LogP contribution in [0, 0.1) is 0 Å². The third-order valence-electron chi connectivity index (χ3n) is 4.19. The van der Waals surface area contributed by atoms with E-state index in [-0.39, 0.29) is 13.0 Å². The minimum Gasteiger partial charge on any atom is -0.466 e. The Morgan fingerprint density at radius 3 is 2.50 bits per heavy atom. The molecule has 0 saturated heterocycles. The monoisotopic (exact) mass is 348 g/mol. The van der Waals surface area contributed by atoms with Crippen LogP contribution in [0.4, 0.5) is 0 Å². The largest absolute Gasteiger partial charge is 0.466 e. The van der Waals surface area contributed by atoms with Gasteiger partial charge >= 0.3 is 11.6 Å². The Morgan fingerprint density at radius 2 is 1.73 bits per heavy atom. The average Bonchev–Trinajstić information content (AvgIpc) is 3.02. The minimum absolute atomic E-state index is 0.0550. The summed E-state index contributed by atoms with van der Waals surface area (Å²) in [6.45, 7) is 2.03. The summed E-state index contributed by atoms with van der Waals surface area (Å²) in [5.74, 6) is -0.00858. The zero-order valence-electron chi connectivity index (χ0n) is 14.2. The lowest BCUT2D eigenvalue weighted by Crippen LogP contribution is -2.07. The van der Waals surface area contributed by atoms with Crippen LogP contribution < -0.4 is 5.63 Å². The number of esters is 1. The second-order valence-electron chi connectivity index (χ2n) is 5.84. The zero-order valence-corrected chi connectivity index (χ0v) is 14.2. The second-order valence-corrected chi connectivity index (χ2v) is 5.84. The van der Waals surface area contributed by atoms with Gasteiger partial charge in [-0.3, -0.25) is 4.79 Å². The SMILES string of the molecule is CCOC(=O)Cc1oc2c(c1-c1ccccc1)c(=O)oc1ccccc12. The molecule has 0 atom stereocenters. The summed E-state index contributed by atoms with van der Waals surface area (Å²) in [7, 11) is 0. The summed E-state index contributed by atoms with van der Waals surface area (Å²) in [5, 5.41) is 1.03. The standard InChI is InChI=1S/C21H16O5/c1-2-24-17(22)12-16-18(13-8-4-3-5-9-13)19-20(25-16)14-10-6-7-11-15(14)26-21(19)23/h3-11H,2,12H2,1H3. The molecule has 0 unspecified atom stereocenters. The Hall–Kier alpha value is -3.34. The molecule has 4 aromatic rings. The van der Waals surface area contributed by atoms with E-state index >= 15 is 0 Å². The summed E-state index contributed by atoms with van der Waals surface area (Å²) < 4.78 is 16.5. The van der Waals surface area contributed by atoms with Gasteiger partial charge in [-0.2, -0.15) is 0 Å². The molecule has 0 aliphatic rings. The predicted octanol–water partition coefficient (Wildman–Crippen LogP) is 4.31. The smallest absolute Gasteiger partial charge is 0.348 e. The van der Waals surface area contributed by atoms with E-state index in [2.05, 4.69) is 0 Å². The average molecular weight is 348 g/mol. The zero-order chi connectivity index (χ0) is 18.1. The number of ether oxygens (including phenoxy) is 1. The molecule has 0 bridgehead atoms. The van der Waals surface area contributed by atoms with E-state index in [1.807, 2.05) is 42.5 Å². The highest BCUT2D eigenvalue weighted by atomic mass is 16.5. The Morgan fingerprint density at radius 1 is 1.00 bits per heavy atom. The van der Waals surface area contributed by atoms with Crippen LogP contribution in [0.15, 0.2) is 68.2 Å². The molecule has 5 nitrogen and oxygen atoms in total. The summed E-state index contributed by atoms with van der Waals surface area (Å²) in [5.41, 5.74) is 1.74. The van der Waals surface area contributed by atoms with Crippen molar-refractivity contribution in [1.29, 1.82) is 0 Å². The van der Waals surface area contributed by atoms with Crippen LogP contribution in [0.1, 0.15) is 12.7 Å². The van der Waals surface area contributed by atoms with Crippen molar-refractivity contribution in [3.05, 3.63) is 70.8 Å². The number of fused-ring (bicyclic) bond motifs is 3. The minimum atomic E-state index is -0.489. The number of benzene rings is 2. The molecule has 0 saturated carbocycles. The van der Waals surface area contributed by atoms with Crippen LogP contribution in [0.25, 0.3) is 33.1 Å². The van der Waals surface area contributed by atoms with Crippen LogP contribution >= 0.6 is 0 Å². The van der Waals surface area contributed by atoms with Gasteiger partial charge in [0, 0.05) is 5.56 Å². The fourth-order valence-electron chi connectivity index (χ4n) is 3.13. The Kier molecular flexibility index (Phi) is 4.05. The molecule has 5 heteroatoms. The summed E-state index contributed by atoms with van der Waals surface area (Å²) in [4.78, 5) is 24.7. The van der Waals surface area contributed by atoms with Gasteiger partial charge in [-0.15, -0.1) is 0 Å². The van der Waals surface area contributed by atoms with Gasteiger partial charge in [0.05, 0.1) is 12.0 Å².